The summed E-state index contributed by atoms with van der Waals surface area (Å²) in [4.78, 5) is 3.32. The topological polar surface area (TPSA) is 61.4 Å². The van der Waals surface area contributed by atoms with Crippen molar-refractivity contribution in [3.63, 3.8) is 0 Å². The van der Waals surface area contributed by atoms with E-state index in [0.29, 0.717) is 0 Å². The highest BCUT2D eigenvalue weighted by molar-refractivity contribution is 5.76. The van der Waals surface area contributed by atoms with Crippen LogP contribution in [0.4, 0.5) is 0 Å². The van der Waals surface area contributed by atoms with E-state index >= 15 is 0 Å². The third-order valence-corrected chi connectivity index (χ3v) is 0.610. The molecule has 0 aliphatic rings. The zero-order chi connectivity index (χ0) is 5.86. The second kappa shape index (κ2) is 2.58. The van der Waals surface area contributed by atoms with Crippen LogP contribution >= 0.6 is 0 Å². The van der Waals surface area contributed by atoms with E-state index in [1.165, 1.54) is 7.05 Å². The smallest absolute Gasteiger partial charge is 0.0293 e. The highest BCUT2D eigenvalue weighted by Gasteiger charge is 1.85. The van der Waals surface area contributed by atoms with Crippen molar-refractivity contribution in [2.45, 2.75) is 13.0 Å². The summed E-state index contributed by atoms with van der Waals surface area (Å²) in [5.41, 5.74) is 5.10. The fourth-order valence-electron chi connectivity index (χ4n) is 0.204. The third-order valence-electron chi connectivity index (χ3n) is 0.610. The molecule has 0 amide bonds. The average Bonchev–Trinajstić information content (AvgIpc) is 1.65. The Morgan fingerprint density at radius 2 is 2.29 bits per heavy atom. The Kier molecular flexibility index (Phi) is 2.37. The van der Waals surface area contributed by atoms with Crippen LogP contribution in [-0.4, -0.2) is 19.0 Å². The van der Waals surface area contributed by atoms with Gasteiger partial charge in [0.05, 0.1) is 0 Å². The second-order valence-corrected chi connectivity index (χ2v) is 1.35. The van der Waals surface area contributed by atoms with Gasteiger partial charge < -0.3 is 15.8 Å². The summed E-state index contributed by atoms with van der Waals surface area (Å²) in [7, 11) is 1.44. The van der Waals surface area contributed by atoms with Crippen molar-refractivity contribution in [1.29, 1.82) is 0 Å². The molecule has 2 N–H and O–H groups in total. The summed E-state index contributed by atoms with van der Waals surface area (Å²) in [5, 5.41) is 10.2. The zero-order valence-electron chi connectivity index (χ0n) is 4.51. The molecule has 7 heavy (non-hydrogen) atoms. The molecule has 1 atom stereocenters. The largest absolute Gasteiger partial charge is 0.861 e. The molecular weight excluding hydrogens is 92.1 g/mol. The molecule has 0 saturated carbocycles. The van der Waals surface area contributed by atoms with Crippen LogP contribution in [0.15, 0.2) is 4.99 Å². The molecule has 0 aromatic carbocycles. The van der Waals surface area contributed by atoms with E-state index in [9.17, 15) is 5.11 Å². The van der Waals surface area contributed by atoms with Gasteiger partial charge in [-0.2, -0.15) is 0 Å². The fourth-order valence-corrected chi connectivity index (χ4v) is 0.204. The minimum atomic E-state index is -0.440. The van der Waals surface area contributed by atoms with Crippen molar-refractivity contribution < 1.29 is 5.11 Å². The Morgan fingerprint density at radius 3 is 2.29 bits per heavy atom. The summed E-state index contributed by atoms with van der Waals surface area (Å²) in [6.45, 7) is 1.61. The van der Waals surface area contributed by atoms with E-state index in [-0.39, 0.29) is 5.90 Å². The lowest BCUT2D eigenvalue weighted by atomic mass is 10.4. The van der Waals surface area contributed by atoms with Crippen LogP contribution in [0.1, 0.15) is 6.92 Å². The minimum absolute atomic E-state index is 0.250. The Balaban J connectivity index is 3.56. The molecule has 0 rings (SSSR count). The lowest BCUT2D eigenvalue weighted by molar-refractivity contribution is -0.220. The normalized spacial score (nSPS) is 16.7. The number of nitrogens with zero attached hydrogens (tertiary/aromatic N) is 1. The predicted octanol–water partition coefficient (Wildman–Crippen LogP) is -1.28. The van der Waals surface area contributed by atoms with Crippen LogP contribution in [0.2, 0.25) is 0 Å². The highest BCUT2D eigenvalue weighted by Crippen LogP contribution is 1.70. The molecule has 0 saturated heterocycles. The van der Waals surface area contributed by atoms with E-state index in [4.69, 9.17) is 5.73 Å². The van der Waals surface area contributed by atoms with Crippen LogP contribution in [0, 0.1) is 0 Å². The first kappa shape index (κ1) is 6.43. The Morgan fingerprint density at radius 1 is 1.86 bits per heavy atom. The van der Waals surface area contributed by atoms with Crippen molar-refractivity contribution in [1.82, 2.24) is 0 Å². The van der Waals surface area contributed by atoms with Gasteiger partial charge in [0.1, 0.15) is 0 Å². The molecule has 0 fully saturated rings. The standard InChI is InChI=1S/C4H10N2O/c1-3(5)4(7)6-2/h3H,5H2,1-2H3,(H,6,7)/p-1/t3-/m1/s1. The molecule has 3 heteroatoms. The number of nitrogens with two attached hydrogens (primary N) is 1. The van der Waals surface area contributed by atoms with Crippen molar-refractivity contribution in [2.24, 2.45) is 10.7 Å². The van der Waals surface area contributed by atoms with E-state index in [1.807, 2.05) is 0 Å². The van der Waals surface area contributed by atoms with Crippen molar-refractivity contribution in [2.75, 3.05) is 7.05 Å². The zero-order valence-corrected chi connectivity index (χ0v) is 4.51. The quantitative estimate of drug-likeness (QED) is 0.330. The van der Waals surface area contributed by atoms with Crippen LogP contribution in [0.25, 0.3) is 0 Å². The maximum absolute atomic E-state index is 10.2. The van der Waals surface area contributed by atoms with Gasteiger partial charge in [-0.25, -0.2) is 0 Å². The third kappa shape index (κ3) is 2.17. The van der Waals surface area contributed by atoms with Gasteiger partial charge in [0.25, 0.3) is 0 Å². The first-order valence-electron chi connectivity index (χ1n) is 2.07. The highest BCUT2D eigenvalue weighted by atomic mass is 16.3. The molecule has 0 aromatic rings. The Bertz CT molecular complexity index is 77.8. The predicted molar refractivity (Wildman–Crippen MR) is 27.0 cm³/mol. The van der Waals surface area contributed by atoms with E-state index in [0.717, 1.165) is 0 Å². The van der Waals surface area contributed by atoms with Gasteiger partial charge in [-0.15, -0.1) is 0 Å². The summed E-state index contributed by atoms with van der Waals surface area (Å²) >= 11 is 0. The SMILES string of the molecule is CN=C([O-])[C@@H](C)N. The molecule has 0 unspecified atom stereocenters. The average molecular weight is 101 g/mol. The van der Waals surface area contributed by atoms with Crippen LogP contribution < -0.4 is 10.8 Å². The molecule has 0 aromatic heterocycles. The first-order valence-corrected chi connectivity index (χ1v) is 2.07. The molecule has 0 radical (unpaired) electrons. The maximum atomic E-state index is 10.2. The van der Waals surface area contributed by atoms with E-state index in [1.54, 1.807) is 6.92 Å². The number of hydrogen-bond donors (Lipinski definition) is 1. The van der Waals surface area contributed by atoms with Crippen LogP contribution in [0.3, 0.4) is 0 Å². The maximum Gasteiger partial charge on any atom is 0.0293 e. The van der Waals surface area contributed by atoms with E-state index in [2.05, 4.69) is 4.99 Å². The lowest BCUT2D eigenvalue weighted by Crippen LogP contribution is -2.36. The first-order chi connectivity index (χ1) is 3.18. The molecule has 0 spiro atoms. The van der Waals surface area contributed by atoms with E-state index < -0.39 is 6.04 Å². The van der Waals surface area contributed by atoms with Crippen molar-refractivity contribution >= 4 is 5.90 Å². The molecule has 42 valence electrons. The van der Waals surface area contributed by atoms with Gasteiger partial charge >= 0.3 is 0 Å². The summed E-state index contributed by atoms with van der Waals surface area (Å²) < 4.78 is 0. The lowest BCUT2D eigenvalue weighted by Gasteiger charge is -2.11. The summed E-state index contributed by atoms with van der Waals surface area (Å²) in [6, 6.07) is -0.440. The van der Waals surface area contributed by atoms with Crippen LogP contribution in [0.5, 0.6) is 0 Å². The molecule has 0 aliphatic carbocycles. The van der Waals surface area contributed by atoms with Gasteiger partial charge in [-0.3, -0.25) is 0 Å². The molecule has 0 aliphatic heterocycles. The second-order valence-electron chi connectivity index (χ2n) is 1.35. The number of rotatable bonds is 1. The molecule has 0 heterocycles. The fraction of sp³-hybridized carbons (Fsp3) is 0.750. The summed E-state index contributed by atoms with van der Waals surface area (Å²) in [5.74, 6) is -0.250. The molecular formula is C4H9N2O-. The van der Waals surface area contributed by atoms with Gasteiger partial charge in [0.2, 0.25) is 0 Å². The minimum Gasteiger partial charge on any atom is -0.861 e. The van der Waals surface area contributed by atoms with Crippen molar-refractivity contribution in [3.8, 4) is 0 Å². The monoisotopic (exact) mass is 101 g/mol. The molecule has 0 bridgehead atoms. The molecule has 3 nitrogen and oxygen atoms in total. The van der Waals surface area contributed by atoms with Gasteiger partial charge in [0.15, 0.2) is 0 Å². The van der Waals surface area contributed by atoms with Crippen LogP contribution in [-0.2, 0) is 0 Å². The van der Waals surface area contributed by atoms with Gasteiger partial charge in [-0.05, 0) is 12.8 Å². The number of hydrogen-bond acceptors (Lipinski definition) is 3. The van der Waals surface area contributed by atoms with Gasteiger partial charge in [0, 0.05) is 13.1 Å². The van der Waals surface area contributed by atoms with Crippen molar-refractivity contribution in [3.05, 3.63) is 0 Å². The summed E-state index contributed by atoms with van der Waals surface area (Å²) in [6.07, 6.45) is 0. The van der Waals surface area contributed by atoms with Gasteiger partial charge in [-0.1, -0.05) is 0 Å². The Labute approximate surface area is 42.9 Å². The Hall–Kier alpha value is -0.570. The number of aliphatic imine (C=N–C) groups is 1.